The van der Waals surface area contributed by atoms with Gasteiger partial charge in [-0.3, -0.25) is 0 Å². The second-order valence-electron chi connectivity index (χ2n) is 12.7. The van der Waals surface area contributed by atoms with Gasteiger partial charge in [-0.15, -0.1) is 0 Å². The van der Waals surface area contributed by atoms with Crippen LogP contribution in [-0.2, 0) is 47.7 Å². The van der Waals surface area contributed by atoms with Crippen LogP contribution < -0.4 is 14.8 Å². The van der Waals surface area contributed by atoms with E-state index in [1.807, 2.05) is 91.0 Å². The molecule has 1 aliphatic heterocycles. The van der Waals surface area contributed by atoms with E-state index < -0.39 is 27.6 Å². The summed E-state index contributed by atoms with van der Waals surface area (Å²) in [6.45, 7) is 0.171. The van der Waals surface area contributed by atoms with Crippen molar-refractivity contribution >= 4 is 21.6 Å². The van der Waals surface area contributed by atoms with E-state index in [0.717, 1.165) is 60.9 Å². The first-order valence-electron chi connectivity index (χ1n) is 16.5. The Kier molecular flexibility index (Phi) is 7.77. The van der Waals surface area contributed by atoms with Crippen molar-refractivity contribution in [3.63, 3.8) is 0 Å². The maximum atomic E-state index is 15.9. The Morgan fingerprint density at radius 3 is 1.94 bits per heavy atom. The van der Waals surface area contributed by atoms with E-state index in [0.29, 0.717) is 0 Å². The minimum Gasteiger partial charge on any atom is -0.474 e. The normalized spacial score (nSPS) is 17.7. The summed E-state index contributed by atoms with van der Waals surface area (Å²) < 4.78 is 31.5. The number of nitrogens with zero attached hydrogens (tertiary/aromatic N) is 3. The van der Waals surface area contributed by atoms with Crippen LogP contribution in [0.15, 0.2) is 113 Å². The number of aromatic nitrogens is 2. The van der Waals surface area contributed by atoms with E-state index in [9.17, 15) is 9.90 Å². The van der Waals surface area contributed by atoms with Crippen molar-refractivity contribution in [3.05, 3.63) is 142 Å². The number of aliphatic hydroxyl groups is 1. The molecule has 2 amide bonds. The highest BCUT2D eigenvalue weighted by Crippen LogP contribution is 2.44. The van der Waals surface area contributed by atoms with Crippen molar-refractivity contribution in [2.24, 2.45) is 4.36 Å². The summed E-state index contributed by atoms with van der Waals surface area (Å²) >= 11 is 0. The Labute approximate surface area is 280 Å². The van der Waals surface area contributed by atoms with Crippen molar-refractivity contribution < 1.29 is 18.8 Å². The zero-order valence-electron chi connectivity index (χ0n) is 26.5. The van der Waals surface area contributed by atoms with E-state index in [-0.39, 0.29) is 23.9 Å². The molecule has 4 aromatic carbocycles. The molecular weight excluding hydrogens is 623 g/mol. The number of amides is 2. The van der Waals surface area contributed by atoms with Gasteiger partial charge in [-0.05, 0) is 77.5 Å². The lowest BCUT2D eigenvalue weighted by molar-refractivity contribution is 0.0538. The smallest absolute Gasteiger partial charge is 0.331 e. The highest BCUT2D eigenvalue weighted by Gasteiger charge is 2.41. The third kappa shape index (κ3) is 5.25. The Balaban J connectivity index is 1.34. The molecule has 8 rings (SSSR count). The van der Waals surface area contributed by atoms with Crippen LogP contribution in [0.3, 0.4) is 0 Å². The fourth-order valence-corrected chi connectivity index (χ4v) is 9.35. The van der Waals surface area contributed by atoms with Gasteiger partial charge in [0.05, 0.1) is 12.7 Å². The van der Waals surface area contributed by atoms with Crippen LogP contribution in [-0.4, -0.2) is 37.8 Å². The maximum absolute atomic E-state index is 15.9. The summed E-state index contributed by atoms with van der Waals surface area (Å²) in [5.41, 5.74) is 6.74. The minimum absolute atomic E-state index is 0.00387. The quantitative estimate of drug-likeness (QED) is 0.181. The second-order valence-corrected chi connectivity index (χ2v) is 14.6. The number of aliphatic hydroxyl groups excluding tert-OH is 1. The molecule has 48 heavy (non-hydrogen) atoms. The Morgan fingerprint density at radius 1 is 0.854 bits per heavy atom. The average Bonchev–Trinajstić information content (AvgIpc) is 3.88. The first-order chi connectivity index (χ1) is 23.4. The van der Waals surface area contributed by atoms with Gasteiger partial charge in [0, 0.05) is 5.69 Å². The maximum Gasteiger partial charge on any atom is 0.331 e. The number of carbonyl (C=O) groups is 1. The van der Waals surface area contributed by atoms with Crippen LogP contribution in [0.1, 0.15) is 51.8 Å². The molecule has 9 nitrogen and oxygen atoms in total. The molecule has 0 spiro atoms. The first-order valence-corrected chi connectivity index (χ1v) is 18.0. The van der Waals surface area contributed by atoms with Crippen molar-refractivity contribution in [1.29, 1.82) is 0 Å². The molecule has 2 aliphatic carbocycles. The van der Waals surface area contributed by atoms with Crippen LogP contribution in [0, 0.1) is 0 Å². The van der Waals surface area contributed by atoms with Gasteiger partial charge in [0.2, 0.25) is 5.88 Å². The number of nitrogens with one attached hydrogen (secondary N) is 2. The van der Waals surface area contributed by atoms with Gasteiger partial charge in [0.1, 0.15) is 23.1 Å². The lowest BCUT2D eigenvalue weighted by atomic mass is 9.78. The van der Waals surface area contributed by atoms with Crippen LogP contribution in [0.4, 0.5) is 10.5 Å². The monoisotopic (exact) mass is 659 g/mol. The highest BCUT2D eigenvalue weighted by atomic mass is 32.2. The highest BCUT2D eigenvalue weighted by molar-refractivity contribution is 7.92. The summed E-state index contributed by atoms with van der Waals surface area (Å²) in [6, 6.07) is 30.8. The number of fused-ring (bicyclic) bond motifs is 3. The Hall–Kier alpha value is -4.93. The molecule has 0 fully saturated rings. The van der Waals surface area contributed by atoms with Gasteiger partial charge in [-0.25, -0.2) is 18.4 Å². The van der Waals surface area contributed by atoms with Gasteiger partial charge < -0.3 is 15.2 Å². The Morgan fingerprint density at radius 2 is 1.40 bits per heavy atom. The van der Waals surface area contributed by atoms with Crippen LogP contribution in [0.5, 0.6) is 5.88 Å². The fraction of sp³-hybridized carbons (Fsp3) is 0.263. The van der Waals surface area contributed by atoms with Gasteiger partial charge in [-0.2, -0.15) is 9.46 Å². The zero-order chi connectivity index (χ0) is 32.7. The molecule has 1 aromatic heterocycles. The molecule has 2 atom stereocenters. The SMILES string of the molecule is O=C(Nc1c2c(cc3c1CCC3)CCC2)N[S@@](=O)(=NC(c1ccccc1)(c1ccccc1)c1ccccc1)c1cnn2c1OC[C@@H](O)C2. The van der Waals surface area contributed by atoms with Crippen LogP contribution in [0.2, 0.25) is 0 Å². The summed E-state index contributed by atoms with van der Waals surface area (Å²) in [5.74, 6) is 0.207. The van der Waals surface area contributed by atoms with Crippen LogP contribution in [0.25, 0.3) is 0 Å². The minimum atomic E-state index is -3.86. The topological polar surface area (TPSA) is 118 Å². The van der Waals surface area contributed by atoms with E-state index in [2.05, 4.69) is 21.2 Å². The lowest BCUT2D eigenvalue weighted by Gasteiger charge is -2.33. The summed E-state index contributed by atoms with van der Waals surface area (Å²) in [6.07, 6.45) is 6.51. The van der Waals surface area contributed by atoms with Crippen molar-refractivity contribution in [3.8, 4) is 5.88 Å². The molecule has 0 radical (unpaired) electrons. The molecule has 0 unspecified atom stereocenters. The number of anilines is 1. The second kappa shape index (κ2) is 12.3. The molecule has 2 heterocycles. The summed E-state index contributed by atoms with van der Waals surface area (Å²) in [5, 5.41) is 17.9. The molecule has 3 N–H and O–H groups in total. The van der Waals surface area contributed by atoms with Crippen molar-refractivity contribution in [1.82, 2.24) is 14.5 Å². The van der Waals surface area contributed by atoms with Gasteiger partial charge in [0.25, 0.3) is 0 Å². The van der Waals surface area contributed by atoms with Gasteiger partial charge in [-0.1, -0.05) is 97.1 Å². The van der Waals surface area contributed by atoms with Crippen molar-refractivity contribution in [2.75, 3.05) is 11.9 Å². The van der Waals surface area contributed by atoms with Crippen molar-refractivity contribution in [2.45, 2.75) is 61.6 Å². The standard InChI is InChI=1S/C38H37N5O4S/c44-31-24-43-36(47-25-31)34(23-39-43)48(46,41-37(45)40-35-32-20-10-12-26(32)22-27-13-11-21-33(27)35)42-38(28-14-4-1-5-15-28,29-16-6-2-7-17-29)30-18-8-3-9-19-30/h1-9,14-19,22-23,31,44H,10-13,20-21,24-25H2,(H2,40,41,42,45,46)/t31-,48+/m0/s1. The van der Waals surface area contributed by atoms with E-state index in [4.69, 9.17) is 9.10 Å². The first kappa shape index (κ1) is 30.4. The molecule has 244 valence electrons. The largest absolute Gasteiger partial charge is 0.474 e. The van der Waals surface area contributed by atoms with Gasteiger partial charge in [0.15, 0.2) is 9.92 Å². The predicted molar refractivity (Wildman–Crippen MR) is 184 cm³/mol. The predicted octanol–water partition coefficient (Wildman–Crippen LogP) is 6.17. The molecule has 0 saturated heterocycles. The third-order valence-electron chi connectivity index (χ3n) is 9.64. The number of ether oxygens (including phenoxy) is 1. The molecule has 3 aliphatic rings. The Bertz CT molecular complexity index is 1980. The molecule has 0 bridgehead atoms. The number of urea groups is 1. The number of aryl methyl sites for hydroxylation is 2. The number of benzene rings is 4. The number of rotatable bonds is 7. The molecule has 5 aromatic rings. The lowest BCUT2D eigenvalue weighted by Crippen LogP contribution is -2.39. The molecular formula is C38H37N5O4S. The fourth-order valence-electron chi connectivity index (χ4n) is 7.50. The molecule has 10 heteroatoms. The van der Waals surface area contributed by atoms with E-state index >= 15 is 4.21 Å². The van der Waals surface area contributed by atoms with Gasteiger partial charge >= 0.3 is 6.03 Å². The zero-order valence-corrected chi connectivity index (χ0v) is 27.3. The number of hydrogen-bond donors (Lipinski definition) is 3. The molecule has 0 saturated carbocycles. The summed E-state index contributed by atoms with van der Waals surface area (Å²) in [4.78, 5) is 14.4. The van der Waals surface area contributed by atoms with Crippen LogP contribution >= 0.6 is 0 Å². The van der Waals surface area contributed by atoms with E-state index in [1.165, 1.54) is 33.1 Å². The average molecular weight is 660 g/mol. The van der Waals surface area contributed by atoms with E-state index in [1.54, 1.807) is 0 Å². The number of hydrogen-bond acceptors (Lipinski definition) is 6. The third-order valence-corrected chi connectivity index (χ3v) is 11.5. The number of carbonyl (C=O) groups excluding carboxylic acids is 1. The summed E-state index contributed by atoms with van der Waals surface area (Å²) in [7, 11) is -3.86.